The quantitative estimate of drug-likeness (QED) is 0.875. The fraction of sp³-hybridized carbons (Fsp3) is 0.667. The SMILES string of the molecule is CC(C)OCCN(C)C1CC(c2ccccc2)CCC1N. The van der Waals surface area contributed by atoms with Gasteiger partial charge in [-0.05, 0) is 51.6 Å². The predicted molar refractivity (Wildman–Crippen MR) is 88.5 cm³/mol. The zero-order valence-electron chi connectivity index (χ0n) is 13.7. The van der Waals surface area contributed by atoms with Crippen molar-refractivity contribution in [2.24, 2.45) is 5.73 Å². The van der Waals surface area contributed by atoms with Gasteiger partial charge < -0.3 is 10.5 Å². The Kier molecular flexibility index (Phi) is 6.22. The van der Waals surface area contributed by atoms with Gasteiger partial charge in [0.15, 0.2) is 0 Å². The van der Waals surface area contributed by atoms with Crippen LogP contribution in [0.2, 0.25) is 0 Å². The molecule has 1 aromatic carbocycles. The van der Waals surface area contributed by atoms with Gasteiger partial charge in [0.25, 0.3) is 0 Å². The number of nitrogens with two attached hydrogens (primary N) is 1. The first-order valence-corrected chi connectivity index (χ1v) is 8.20. The first kappa shape index (κ1) is 16.5. The van der Waals surface area contributed by atoms with Crippen molar-refractivity contribution in [3.8, 4) is 0 Å². The molecule has 0 aliphatic heterocycles. The monoisotopic (exact) mass is 290 g/mol. The maximum absolute atomic E-state index is 6.37. The Balaban J connectivity index is 1.91. The fourth-order valence-corrected chi connectivity index (χ4v) is 3.30. The molecule has 1 saturated carbocycles. The first-order chi connectivity index (χ1) is 10.1. The Morgan fingerprint density at radius 1 is 1.24 bits per heavy atom. The molecule has 3 nitrogen and oxygen atoms in total. The van der Waals surface area contributed by atoms with Crippen molar-refractivity contribution < 1.29 is 4.74 Å². The molecule has 0 spiro atoms. The van der Waals surface area contributed by atoms with Crippen LogP contribution in [-0.2, 0) is 4.74 Å². The molecule has 1 aliphatic carbocycles. The molecule has 0 saturated heterocycles. The van der Waals surface area contributed by atoms with Crippen molar-refractivity contribution in [2.45, 2.75) is 57.2 Å². The number of rotatable bonds is 6. The molecule has 0 radical (unpaired) electrons. The second kappa shape index (κ2) is 7.92. The molecule has 2 rings (SSSR count). The minimum atomic E-state index is 0.286. The van der Waals surface area contributed by atoms with E-state index in [1.165, 1.54) is 12.0 Å². The van der Waals surface area contributed by atoms with Gasteiger partial charge in [0.1, 0.15) is 0 Å². The third-order valence-electron chi connectivity index (χ3n) is 4.60. The summed E-state index contributed by atoms with van der Waals surface area (Å²) in [5.41, 5.74) is 7.83. The van der Waals surface area contributed by atoms with Gasteiger partial charge in [0, 0.05) is 18.6 Å². The first-order valence-electron chi connectivity index (χ1n) is 8.20. The Labute approximate surface area is 129 Å². The van der Waals surface area contributed by atoms with Crippen LogP contribution in [0.5, 0.6) is 0 Å². The lowest BCUT2D eigenvalue weighted by Gasteiger charge is -2.40. The molecule has 1 fully saturated rings. The highest BCUT2D eigenvalue weighted by atomic mass is 16.5. The maximum atomic E-state index is 6.37. The van der Waals surface area contributed by atoms with Crippen LogP contribution in [0.3, 0.4) is 0 Å². The van der Waals surface area contributed by atoms with Gasteiger partial charge in [0.2, 0.25) is 0 Å². The zero-order chi connectivity index (χ0) is 15.2. The molecule has 118 valence electrons. The average Bonchev–Trinajstić information content (AvgIpc) is 2.48. The summed E-state index contributed by atoms with van der Waals surface area (Å²) in [4.78, 5) is 2.39. The van der Waals surface area contributed by atoms with Crippen molar-refractivity contribution in [2.75, 3.05) is 20.2 Å². The van der Waals surface area contributed by atoms with Crippen molar-refractivity contribution in [3.05, 3.63) is 35.9 Å². The van der Waals surface area contributed by atoms with Gasteiger partial charge in [-0.1, -0.05) is 30.3 Å². The van der Waals surface area contributed by atoms with Gasteiger partial charge in [-0.15, -0.1) is 0 Å². The maximum Gasteiger partial charge on any atom is 0.0596 e. The van der Waals surface area contributed by atoms with Gasteiger partial charge in [-0.25, -0.2) is 0 Å². The summed E-state index contributed by atoms with van der Waals surface area (Å²) in [6.45, 7) is 5.90. The molecule has 0 amide bonds. The smallest absolute Gasteiger partial charge is 0.0596 e. The zero-order valence-corrected chi connectivity index (χ0v) is 13.7. The second-order valence-electron chi connectivity index (χ2n) is 6.55. The predicted octanol–water partition coefficient (Wildman–Crippen LogP) is 3.01. The summed E-state index contributed by atoms with van der Waals surface area (Å²) in [6.07, 6.45) is 3.77. The van der Waals surface area contributed by atoms with E-state index in [2.05, 4.69) is 56.1 Å². The van der Waals surface area contributed by atoms with E-state index >= 15 is 0 Å². The summed E-state index contributed by atoms with van der Waals surface area (Å²) >= 11 is 0. The van der Waals surface area contributed by atoms with Crippen LogP contribution >= 0.6 is 0 Å². The lowest BCUT2D eigenvalue weighted by Crippen LogP contribution is -2.50. The van der Waals surface area contributed by atoms with Gasteiger partial charge in [0.05, 0.1) is 12.7 Å². The van der Waals surface area contributed by atoms with Crippen molar-refractivity contribution in [1.29, 1.82) is 0 Å². The molecule has 0 bridgehead atoms. The van der Waals surface area contributed by atoms with Crippen LogP contribution in [0.1, 0.15) is 44.6 Å². The number of likely N-dealkylation sites (N-methyl/N-ethyl adjacent to an activating group) is 1. The Hall–Kier alpha value is -0.900. The summed E-state index contributed by atoms with van der Waals surface area (Å²) in [7, 11) is 2.18. The molecular weight excluding hydrogens is 260 g/mol. The van der Waals surface area contributed by atoms with Crippen molar-refractivity contribution in [1.82, 2.24) is 4.90 Å². The largest absolute Gasteiger partial charge is 0.377 e. The molecule has 3 atom stereocenters. The van der Waals surface area contributed by atoms with Crippen LogP contribution in [0.25, 0.3) is 0 Å². The highest BCUT2D eigenvalue weighted by Crippen LogP contribution is 2.34. The van der Waals surface area contributed by atoms with E-state index in [1.54, 1.807) is 0 Å². The van der Waals surface area contributed by atoms with E-state index in [9.17, 15) is 0 Å². The molecule has 21 heavy (non-hydrogen) atoms. The van der Waals surface area contributed by atoms with Crippen LogP contribution in [0, 0.1) is 0 Å². The highest BCUT2D eigenvalue weighted by molar-refractivity contribution is 5.20. The van der Waals surface area contributed by atoms with E-state index in [0.29, 0.717) is 18.1 Å². The Morgan fingerprint density at radius 2 is 1.95 bits per heavy atom. The lowest BCUT2D eigenvalue weighted by atomic mass is 9.78. The van der Waals surface area contributed by atoms with Crippen LogP contribution in [-0.4, -0.2) is 43.3 Å². The summed E-state index contributed by atoms with van der Waals surface area (Å²) in [5.74, 6) is 0.643. The van der Waals surface area contributed by atoms with E-state index in [0.717, 1.165) is 26.0 Å². The molecule has 2 N–H and O–H groups in total. The van der Waals surface area contributed by atoms with Crippen molar-refractivity contribution >= 4 is 0 Å². The van der Waals surface area contributed by atoms with Crippen molar-refractivity contribution in [3.63, 3.8) is 0 Å². The topological polar surface area (TPSA) is 38.5 Å². The highest BCUT2D eigenvalue weighted by Gasteiger charge is 2.31. The van der Waals surface area contributed by atoms with E-state index in [1.807, 2.05) is 0 Å². The fourth-order valence-electron chi connectivity index (χ4n) is 3.30. The van der Waals surface area contributed by atoms with Gasteiger partial charge in [-0.3, -0.25) is 4.90 Å². The average molecular weight is 290 g/mol. The van der Waals surface area contributed by atoms with E-state index in [4.69, 9.17) is 10.5 Å². The summed E-state index contributed by atoms with van der Waals surface area (Å²) in [5, 5.41) is 0. The minimum absolute atomic E-state index is 0.286. The lowest BCUT2D eigenvalue weighted by molar-refractivity contribution is 0.0472. The van der Waals surface area contributed by atoms with Crippen LogP contribution in [0.4, 0.5) is 0 Å². The van der Waals surface area contributed by atoms with Crippen LogP contribution in [0.15, 0.2) is 30.3 Å². The third-order valence-corrected chi connectivity index (χ3v) is 4.60. The molecule has 1 aliphatic rings. The number of benzene rings is 1. The number of nitrogens with zero attached hydrogens (tertiary/aromatic N) is 1. The summed E-state index contributed by atoms with van der Waals surface area (Å²) in [6, 6.07) is 11.6. The summed E-state index contributed by atoms with van der Waals surface area (Å²) < 4.78 is 5.67. The molecular formula is C18H30N2O. The van der Waals surface area contributed by atoms with Crippen LogP contribution < -0.4 is 5.73 Å². The standard InChI is InChI=1S/C18H30N2O/c1-14(2)21-12-11-20(3)18-13-16(9-10-17(18)19)15-7-5-4-6-8-15/h4-8,14,16-18H,9-13,19H2,1-3H3. The normalized spacial score (nSPS) is 26.5. The molecule has 3 heteroatoms. The Bertz CT molecular complexity index is 407. The number of ether oxygens (including phenoxy) is 1. The molecule has 3 unspecified atom stereocenters. The Morgan fingerprint density at radius 3 is 2.62 bits per heavy atom. The number of hydrogen-bond donors (Lipinski definition) is 1. The van der Waals surface area contributed by atoms with E-state index in [-0.39, 0.29) is 6.04 Å². The molecule has 0 heterocycles. The van der Waals surface area contributed by atoms with Gasteiger partial charge >= 0.3 is 0 Å². The molecule has 0 aromatic heterocycles. The second-order valence-corrected chi connectivity index (χ2v) is 6.55. The van der Waals surface area contributed by atoms with Gasteiger partial charge in [-0.2, -0.15) is 0 Å². The third kappa shape index (κ3) is 4.80. The number of hydrogen-bond acceptors (Lipinski definition) is 3. The van der Waals surface area contributed by atoms with E-state index < -0.39 is 0 Å². The molecule has 1 aromatic rings. The minimum Gasteiger partial charge on any atom is -0.377 e.